The summed E-state index contributed by atoms with van der Waals surface area (Å²) in [5.74, 6) is 0. The minimum absolute atomic E-state index is 0.0450. The zero-order chi connectivity index (χ0) is 10.1. The van der Waals surface area contributed by atoms with E-state index in [9.17, 15) is 4.79 Å². The van der Waals surface area contributed by atoms with E-state index in [1.165, 1.54) is 0 Å². The monoisotopic (exact) mass is 189 g/mol. The highest BCUT2D eigenvalue weighted by molar-refractivity contribution is 5.67. The standard InChI is InChI=1S/C9H19NO3/c1-3-4-6-10-9(12)13-8(2)5-7-11/h8,11H,3-7H2,1-2H3,(H,10,12). The van der Waals surface area contributed by atoms with Gasteiger partial charge in [-0.15, -0.1) is 0 Å². The second kappa shape index (κ2) is 7.86. The minimum atomic E-state index is -0.394. The molecule has 1 unspecified atom stereocenters. The van der Waals surface area contributed by atoms with Crippen LogP contribution in [0.4, 0.5) is 4.79 Å². The van der Waals surface area contributed by atoms with Crippen LogP contribution in [0.25, 0.3) is 0 Å². The molecule has 13 heavy (non-hydrogen) atoms. The minimum Gasteiger partial charge on any atom is -0.446 e. The third-order valence-corrected chi connectivity index (χ3v) is 1.64. The number of unbranched alkanes of at least 4 members (excludes halogenated alkanes) is 1. The maximum Gasteiger partial charge on any atom is 0.407 e. The fourth-order valence-corrected chi connectivity index (χ4v) is 0.832. The molecule has 4 nitrogen and oxygen atoms in total. The molecule has 0 rings (SSSR count). The summed E-state index contributed by atoms with van der Waals surface area (Å²) >= 11 is 0. The number of alkyl carbamates (subject to hydrolysis) is 1. The molecule has 0 aromatic heterocycles. The molecular formula is C9H19NO3. The number of carbonyl (C=O) groups excluding carboxylic acids is 1. The maximum atomic E-state index is 11.0. The van der Waals surface area contributed by atoms with Gasteiger partial charge in [0.05, 0.1) is 0 Å². The lowest BCUT2D eigenvalue weighted by molar-refractivity contribution is 0.0903. The van der Waals surface area contributed by atoms with Crippen molar-refractivity contribution in [2.45, 2.75) is 39.2 Å². The Morgan fingerprint density at radius 2 is 2.31 bits per heavy atom. The molecule has 0 aliphatic carbocycles. The Bertz CT molecular complexity index is 139. The van der Waals surface area contributed by atoms with Gasteiger partial charge in [0, 0.05) is 19.6 Å². The summed E-state index contributed by atoms with van der Waals surface area (Å²) in [6.45, 7) is 4.52. The quantitative estimate of drug-likeness (QED) is 0.619. The third kappa shape index (κ3) is 7.59. The van der Waals surface area contributed by atoms with Crippen LogP contribution in [0.1, 0.15) is 33.1 Å². The van der Waals surface area contributed by atoms with E-state index < -0.39 is 6.09 Å². The van der Waals surface area contributed by atoms with Gasteiger partial charge in [0.25, 0.3) is 0 Å². The Hall–Kier alpha value is -0.770. The highest BCUT2D eigenvalue weighted by Gasteiger charge is 2.06. The molecule has 0 aliphatic rings. The molecular weight excluding hydrogens is 170 g/mol. The van der Waals surface area contributed by atoms with Crippen molar-refractivity contribution in [1.29, 1.82) is 0 Å². The number of rotatable bonds is 6. The van der Waals surface area contributed by atoms with Crippen LogP contribution in [0, 0.1) is 0 Å². The number of ether oxygens (including phenoxy) is 1. The molecule has 0 aromatic carbocycles. The van der Waals surface area contributed by atoms with Gasteiger partial charge in [-0.3, -0.25) is 0 Å². The van der Waals surface area contributed by atoms with Gasteiger partial charge in [0.15, 0.2) is 0 Å². The number of hydrogen-bond donors (Lipinski definition) is 2. The molecule has 0 radical (unpaired) electrons. The van der Waals surface area contributed by atoms with E-state index in [4.69, 9.17) is 9.84 Å². The van der Waals surface area contributed by atoms with Crippen LogP contribution >= 0.6 is 0 Å². The summed E-state index contributed by atoms with van der Waals surface area (Å²) in [4.78, 5) is 11.0. The highest BCUT2D eigenvalue weighted by atomic mass is 16.6. The Morgan fingerprint density at radius 1 is 1.62 bits per heavy atom. The predicted octanol–water partition coefficient (Wildman–Crippen LogP) is 1.28. The predicted molar refractivity (Wildman–Crippen MR) is 50.6 cm³/mol. The van der Waals surface area contributed by atoms with Crippen LogP contribution < -0.4 is 5.32 Å². The van der Waals surface area contributed by atoms with Crippen LogP contribution in [0.2, 0.25) is 0 Å². The molecule has 0 saturated carbocycles. The summed E-state index contributed by atoms with van der Waals surface area (Å²) in [6.07, 6.45) is 1.89. The van der Waals surface area contributed by atoms with Gasteiger partial charge in [-0.25, -0.2) is 4.79 Å². The summed E-state index contributed by atoms with van der Waals surface area (Å²) in [7, 11) is 0. The number of aliphatic hydroxyl groups is 1. The zero-order valence-electron chi connectivity index (χ0n) is 8.38. The molecule has 0 heterocycles. The van der Waals surface area contributed by atoms with E-state index in [0.29, 0.717) is 13.0 Å². The van der Waals surface area contributed by atoms with Gasteiger partial charge in [0.1, 0.15) is 6.10 Å². The van der Waals surface area contributed by atoms with Crippen molar-refractivity contribution in [2.24, 2.45) is 0 Å². The summed E-state index contributed by atoms with van der Waals surface area (Å²) in [6, 6.07) is 0. The number of carbonyl (C=O) groups is 1. The SMILES string of the molecule is CCCCNC(=O)OC(C)CCO. The van der Waals surface area contributed by atoms with Gasteiger partial charge in [-0.05, 0) is 13.3 Å². The number of hydrogen-bond acceptors (Lipinski definition) is 3. The van der Waals surface area contributed by atoms with E-state index in [1.807, 2.05) is 0 Å². The lowest BCUT2D eigenvalue weighted by atomic mass is 10.3. The Morgan fingerprint density at radius 3 is 2.85 bits per heavy atom. The van der Waals surface area contributed by atoms with Crippen molar-refractivity contribution in [3.63, 3.8) is 0 Å². The smallest absolute Gasteiger partial charge is 0.407 e. The van der Waals surface area contributed by atoms with Crippen molar-refractivity contribution < 1.29 is 14.6 Å². The molecule has 1 atom stereocenters. The average molecular weight is 189 g/mol. The first-order valence-electron chi connectivity index (χ1n) is 4.76. The second-order valence-electron chi connectivity index (χ2n) is 3.01. The van der Waals surface area contributed by atoms with Gasteiger partial charge < -0.3 is 15.2 Å². The molecule has 2 N–H and O–H groups in total. The molecule has 78 valence electrons. The summed E-state index contributed by atoms with van der Waals surface area (Å²) in [5, 5.41) is 11.2. The maximum absolute atomic E-state index is 11.0. The molecule has 0 fully saturated rings. The van der Waals surface area contributed by atoms with Crippen LogP contribution in [0.3, 0.4) is 0 Å². The topological polar surface area (TPSA) is 58.6 Å². The molecule has 4 heteroatoms. The number of aliphatic hydroxyl groups excluding tert-OH is 1. The molecule has 0 spiro atoms. The Kier molecular flexibility index (Phi) is 7.39. The first-order chi connectivity index (χ1) is 6.20. The first kappa shape index (κ1) is 12.2. The Balaban J connectivity index is 3.38. The van der Waals surface area contributed by atoms with E-state index in [2.05, 4.69) is 12.2 Å². The third-order valence-electron chi connectivity index (χ3n) is 1.64. The average Bonchev–Trinajstić information content (AvgIpc) is 2.05. The second-order valence-corrected chi connectivity index (χ2v) is 3.01. The lowest BCUT2D eigenvalue weighted by Crippen LogP contribution is -2.28. The largest absolute Gasteiger partial charge is 0.446 e. The normalized spacial score (nSPS) is 12.2. The van der Waals surface area contributed by atoms with Crippen molar-refractivity contribution in [2.75, 3.05) is 13.2 Å². The van der Waals surface area contributed by atoms with Gasteiger partial charge >= 0.3 is 6.09 Å². The van der Waals surface area contributed by atoms with Crippen molar-refractivity contribution in [3.05, 3.63) is 0 Å². The molecule has 0 bridgehead atoms. The van der Waals surface area contributed by atoms with Crippen molar-refractivity contribution in [3.8, 4) is 0 Å². The Labute approximate surface area is 79.3 Å². The fraction of sp³-hybridized carbons (Fsp3) is 0.889. The zero-order valence-corrected chi connectivity index (χ0v) is 8.38. The van der Waals surface area contributed by atoms with Crippen LogP contribution in [-0.4, -0.2) is 30.5 Å². The van der Waals surface area contributed by atoms with Gasteiger partial charge in [-0.1, -0.05) is 13.3 Å². The number of amides is 1. The van der Waals surface area contributed by atoms with E-state index in [-0.39, 0.29) is 12.7 Å². The van der Waals surface area contributed by atoms with E-state index in [0.717, 1.165) is 12.8 Å². The fourth-order valence-electron chi connectivity index (χ4n) is 0.832. The molecule has 1 amide bonds. The molecule has 0 saturated heterocycles. The van der Waals surface area contributed by atoms with Crippen LogP contribution in [-0.2, 0) is 4.74 Å². The lowest BCUT2D eigenvalue weighted by Gasteiger charge is -2.12. The van der Waals surface area contributed by atoms with Gasteiger partial charge in [-0.2, -0.15) is 0 Å². The van der Waals surface area contributed by atoms with Crippen molar-refractivity contribution >= 4 is 6.09 Å². The number of nitrogens with one attached hydrogen (secondary N) is 1. The van der Waals surface area contributed by atoms with E-state index >= 15 is 0 Å². The van der Waals surface area contributed by atoms with Gasteiger partial charge in [0.2, 0.25) is 0 Å². The molecule has 0 aliphatic heterocycles. The summed E-state index contributed by atoms with van der Waals surface area (Å²) < 4.78 is 4.93. The van der Waals surface area contributed by atoms with Crippen LogP contribution in [0.5, 0.6) is 0 Å². The summed E-state index contributed by atoms with van der Waals surface area (Å²) in [5.41, 5.74) is 0. The highest BCUT2D eigenvalue weighted by Crippen LogP contribution is 1.96. The molecule has 0 aromatic rings. The first-order valence-corrected chi connectivity index (χ1v) is 4.76. The van der Waals surface area contributed by atoms with E-state index in [1.54, 1.807) is 6.92 Å². The van der Waals surface area contributed by atoms with Crippen LogP contribution in [0.15, 0.2) is 0 Å². The van der Waals surface area contributed by atoms with Crippen molar-refractivity contribution in [1.82, 2.24) is 5.32 Å².